The number of nitrogens with one attached hydrogen (secondary N) is 1. The van der Waals surface area contributed by atoms with Gasteiger partial charge in [0.25, 0.3) is 0 Å². The number of carbonyl (C=O) groups excluding carboxylic acids is 2. The van der Waals surface area contributed by atoms with Gasteiger partial charge in [0.15, 0.2) is 0 Å². The number of amides is 2. The Balaban J connectivity index is 2.16. The lowest BCUT2D eigenvalue weighted by Gasteiger charge is -2.33. The molecule has 0 fully saturated rings. The zero-order chi connectivity index (χ0) is 23.9. The van der Waals surface area contributed by atoms with Crippen LogP contribution in [-0.4, -0.2) is 34.0 Å². The van der Waals surface area contributed by atoms with Crippen LogP contribution in [0.15, 0.2) is 42.5 Å². The number of halogens is 1. The van der Waals surface area contributed by atoms with Crippen molar-refractivity contribution in [2.24, 2.45) is 0 Å². The fraction of sp³-hybridized carbons (Fsp3) is 0.462. The quantitative estimate of drug-likeness (QED) is 0.491. The van der Waals surface area contributed by atoms with Crippen LogP contribution in [0.1, 0.15) is 56.4 Å². The van der Waals surface area contributed by atoms with Gasteiger partial charge in [0.2, 0.25) is 11.8 Å². The van der Waals surface area contributed by atoms with Crippen molar-refractivity contribution in [1.82, 2.24) is 10.2 Å². The Morgan fingerprint density at radius 1 is 1.03 bits per heavy atom. The van der Waals surface area contributed by atoms with E-state index in [0.717, 1.165) is 11.3 Å². The number of thioether (sulfide) groups is 1. The van der Waals surface area contributed by atoms with Crippen LogP contribution in [0.2, 0.25) is 5.02 Å². The molecule has 0 aromatic heterocycles. The summed E-state index contributed by atoms with van der Waals surface area (Å²) in [5, 5.41) is 3.68. The third-order valence-electron chi connectivity index (χ3n) is 4.93. The first kappa shape index (κ1) is 26.3. The predicted octanol–water partition coefficient (Wildman–Crippen LogP) is 5.91. The van der Waals surface area contributed by atoms with E-state index in [1.54, 1.807) is 16.7 Å². The van der Waals surface area contributed by atoms with Crippen LogP contribution in [-0.2, 0) is 21.9 Å². The minimum Gasteiger partial charge on any atom is -0.350 e. The molecule has 1 atom stereocenters. The van der Waals surface area contributed by atoms with Gasteiger partial charge in [0.1, 0.15) is 6.04 Å². The lowest BCUT2D eigenvalue weighted by molar-refractivity contribution is -0.140. The molecule has 0 saturated heterocycles. The number of aryl methyl sites for hydroxylation is 2. The Hall–Kier alpha value is -1.98. The Labute approximate surface area is 202 Å². The fourth-order valence-electron chi connectivity index (χ4n) is 3.65. The van der Waals surface area contributed by atoms with Crippen LogP contribution in [0.3, 0.4) is 0 Å². The second-order valence-corrected chi connectivity index (χ2v) is 10.7. The van der Waals surface area contributed by atoms with E-state index in [4.69, 9.17) is 11.6 Å². The van der Waals surface area contributed by atoms with Crippen LogP contribution in [0, 0.1) is 13.8 Å². The molecule has 0 spiro atoms. The highest BCUT2D eigenvalue weighted by molar-refractivity contribution is 7.99. The normalized spacial score (nSPS) is 12.3. The highest BCUT2D eigenvalue weighted by atomic mass is 35.5. The number of hydrogen-bond acceptors (Lipinski definition) is 3. The minimum absolute atomic E-state index is 0.0368. The number of rotatable bonds is 9. The summed E-state index contributed by atoms with van der Waals surface area (Å²) in [6.45, 7) is 12.3. The largest absolute Gasteiger partial charge is 0.350 e. The molecule has 0 bridgehead atoms. The molecule has 2 aromatic rings. The zero-order valence-electron chi connectivity index (χ0n) is 20.0. The van der Waals surface area contributed by atoms with Gasteiger partial charge in [-0.1, -0.05) is 60.0 Å². The molecule has 0 heterocycles. The third kappa shape index (κ3) is 8.51. The van der Waals surface area contributed by atoms with Crippen molar-refractivity contribution < 1.29 is 9.59 Å². The predicted molar refractivity (Wildman–Crippen MR) is 136 cm³/mol. The number of nitrogens with zero attached hydrogens (tertiary/aromatic N) is 1. The SMILES string of the molecule is CCC(C(=O)NC(C)(C)C)N(Cc1ccc(Cl)cc1)C(=O)CSCc1cc(C)cc(C)c1. The number of hydrogen-bond donors (Lipinski definition) is 1. The molecule has 0 aliphatic carbocycles. The molecule has 174 valence electrons. The summed E-state index contributed by atoms with van der Waals surface area (Å²) in [5.41, 5.74) is 4.24. The van der Waals surface area contributed by atoms with Gasteiger partial charge in [-0.05, 0) is 64.3 Å². The van der Waals surface area contributed by atoms with Gasteiger partial charge in [0, 0.05) is 22.9 Å². The molecule has 2 aromatic carbocycles. The summed E-state index contributed by atoms with van der Waals surface area (Å²) in [4.78, 5) is 28.0. The average molecular weight is 475 g/mol. The smallest absolute Gasteiger partial charge is 0.243 e. The lowest BCUT2D eigenvalue weighted by Crippen LogP contribution is -2.53. The van der Waals surface area contributed by atoms with Gasteiger partial charge in [-0.3, -0.25) is 9.59 Å². The molecule has 4 nitrogen and oxygen atoms in total. The summed E-state index contributed by atoms with van der Waals surface area (Å²) in [6.07, 6.45) is 0.545. The number of benzene rings is 2. The molecule has 0 aliphatic heterocycles. The van der Waals surface area contributed by atoms with Gasteiger partial charge < -0.3 is 10.2 Å². The standard InChI is InChI=1S/C26H35ClN2O2S/c1-7-23(25(31)28-26(4,5)6)29(15-20-8-10-22(27)11-9-20)24(30)17-32-16-21-13-18(2)12-19(3)14-21/h8-14,23H,7,15-17H2,1-6H3,(H,28,31). The molecule has 32 heavy (non-hydrogen) atoms. The van der Waals surface area contributed by atoms with Crippen molar-refractivity contribution in [3.63, 3.8) is 0 Å². The second kappa shape index (κ2) is 11.8. The van der Waals surface area contributed by atoms with E-state index in [-0.39, 0.29) is 17.4 Å². The van der Waals surface area contributed by atoms with Crippen molar-refractivity contribution in [2.75, 3.05) is 5.75 Å². The maximum atomic E-state index is 13.3. The van der Waals surface area contributed by atoms with Crippen LogP contribution in [0.25, 0.3) is 0 Å². The van der Waals surface area contributed by atoms with E-state index in [2.05, 4.69) is 37.4 Å². The van der Waals surface area contributed by atoms with Crippen molar-refractivity contribution in [2.45, 2.75) is 71.8 Å². The summed E-state index contributed by atoms with van der Waals surface area (Å²) in [7, 11) is 0. The monoisotopic (exact) mass is 474 g/mol. The molecular formula is C26H35ClN2O2S. The molecule has 0 aliphatic rings. The molecule has 0 saturated carbocycles. The van der Waals surface area contributed by atoms with Gasteiger partial charge in [-0.15, -0.1) is 11.8 Å². The molecular weight excluding hydrogens is 440 g/mol. The van der Waals surface area contributed by atoms with Crippen molar-refractivity contribution >= 4 is 35.2 Å². The molecule has 1 N–H and O–H groups in total. The van der Waals surface area contributed by atoms with Crippen molar-refractivity contribution in [3.8, 4) is 0 Å². The topological polar surface area (TPSA) is 49.4 Å². The van der Waals surface area contributed by atoms with Crippen LogP contribution < -0.4 is 5.32 Å². The Bertz CT molecular complexity index is 902. The Kier molecular flexibility index (Phi) is 9.65. The fourth-order valence-corrected chi connectivity index (χ4v) is 4.62. The van der Waals surface area contributed by atoms with E-state index in [1.807, 2.05) is 52.0 Å². The Morgan fingerprint density at radius 2 is 1.62 bits per heavy atom. The zero-order valence-corrected chi connectivity index (χ0v) is 21.6. The molecule has 0 radical (unpaired) electrons. The lowest BCUT2D eigenvalue weighted by atomic mass is 10.1. The first-order valence-corrected chi connectivity index (χ1v) is 12.5. The molecule has 2 amide bonds. The maximum Gasteiger partial charge on any atom is 0.243 e. The van der Waals surface area contributed by atoms with Crippen molar-refractivity contribution in [1.29, 1.82) is 0 Å². The summed E-state index contributed by atoms with van der Waals surface area (Å²) in [6, 6.07) is 13.4. The van der Waals surface area contributed by atoms with E-state index < -0.39 is 6.04 Å². The first-order valence-electron chi connectivity index (χ1n) is 11.0. The average Bonchev–Trinajstić information content (AvgIpc) is 2.67. The van der Waals surface area contributed by atoms with E-state index in [1.165, 1.54) is 16.7 Å². The van der Waals surface area contributed by atoms with Gasteiger partial charge in [-0.25, -0.2) is 0 Å². The number of carbonyl (C=O) groups is 2. The second-order valence-electron chi connectivity index (χ2n) is 9.30. The molecule has 6 heteroatoms. The minimum atomic E-state index is -0.529. The summed E-state index contributed by atoms with van der Waals surface area (Å²) in [5.74, 6) is 0.917. The molecule has 1 unspecified atom stereocenters. The van der Waals surface area contributed by atoms with Gasteiger partial charge in [-0.2, -0.15) is 0 Å². The van der Waals surface area contributed by atoms with Gasteiger partial charge >= 0.3 is 0 Å². The summed E-state index contributed by atoms with van der Waals surface area (Å²) < 4.78 is 0. The highest BCUT2D eigenvalue weighted by Crippen LogP contribution is 2.20. The first-order chi connectivity index (χ1) is 15.0. The van der Waals surface area contributed by atoms with Crippen LogP contribution in [0.5, 0.6) is 0 Å². The maximum absolute atomic E-state index is 13.3. The van der Waals surface area contributed by atoms with Crippen molar-refractivity contribution in [3.05, 3.63) is 69.7 Å². The molecule has 2 rings (SSSR count). The van der Waals surface area contributed by atoms with E-state index in [9.17, 15) is 9.59 Å². The van der Waals surface area contributed by atoms with Gasteiger partial charge in [0.05, 0.1) is 5.75 Å². The summed E-state index contributed by atoms with van der Waals surface area (Å²) >= 11 is 7.61. The Morgan fingerprint density at radius 3 is 2.16 bits per heavy atom. The highest BCUT2D eigenvalue weighted by Gasteiger charge is 2.30. The van der Waals surface area contributed by atoms with Crippen LogP contribution in [0.4, 0.5) is 0 Å². The van der Waals surface area contributed by atoms with Crippen LogP contribution >= 0.6 is 23.4 Å². The van der Waals surface area contributed by atoms with E-state index in [0.29, 0.717) is 23.7 Å². The third-order valence-corrected chi connectivity index (χ3v) is 6.17. The van der Waals surface area contributed by atoms with E-state index >= 15 is 0 Å².